The SMILES string of the molecule is Cc1ccc(C(NC(=O)C2CCC(n3cc(C4COC(C)(C)N4C(=O)OC(C)(C)C)nn3)C2)c2ccc(F)cc2Cl)cc1. The first-order chi connectivity index (χ1) is 20.2. The highest BCUT2D eigenvalue weighted by atomic mass is 35.5. The first-order valence-corrected chi connectivity index (χ1v) is 15.0. The van der Waals surface area contributed by atoms with Crippen LogP contribution in [0.15, 0.2) is 48.7 Å². The van der Waals surface area contributed by atoms with Crippen molar-refractivity contribution < 1.29 is 23.5 Å². The van der Waals surface area contributed by atoms with E-state index in [0.29, 0.717) is 24.1 Å². The van der Waals surface area contributed by atoms with Crippen molar-refractivity contribution >= 4 is 23.6 Å². The quantitative estimate of drug-likeness (QED) is 0.334. The summed E-state index contributed by atoms with van der Waals surface area (Å²) in [7, 11) is 0. The highest BCUT2D eigenvalue weighted by Gasteiger charge is 2.47. The lowest BCUT2D eigenvalue weighted by Gasteiger charge is -2.34. The molecule has 1 saturated carbocycles. The molecule has 43 heavy (non-hydrogen) atoms. The van der Waals surface area contributed by atoms with Crippen LogP contribution in [0.4, 0.5) is 9.18 Å². The van der Waals surface area contributed by atoms with Crippen molar-refractivity contribution in [2.45, 2.75) is 90.3 Å². The average molecular weight is 612 g/mol. The van der Waals surface area contributed by atoms with Crippen LogP contribution >= 0.6 is 11.6 Å². The number of ether oxygens (including phenoxy) is 2. The molecule has 4 atom stereocenters. The smallest absolute Gasteiger partial charge is 0.413 e. The van der Waals surface area contributed by atoms with E-state index in [0.717, 1.165) is 17.5 Å². The summed E-state index contributed by atoms with van der Waals surface area (Å²) in [6.45, 7) is 11.4. The van der Waals surface area contributed by atoms with Gasteiger partial charge in [0.2, 0.25) is 5.91 Å². The van der Waals surface area contributed by atoms with E-state index in [1.54, 1.807) is 15.6 Å². The lowest BCUT2D eigenvalue weighted by molar-refractivity contribution is -0.125. The Labute approximate surface area is 256 Å². The van der Waals surface area contributed by atoms with Gasteiger partial charge in [0.25, 0.3) is 0 Å². The van der Waals surface area contributed by atoms with Crippen LogP contribution in [-0.4, -0.2) is 49.8 Å². The minimum Gasteiger partial charge on any atom is -0.444 e. The molecule has 2 fully saturated rings. The molecule has 0 bridgehead atoms. The van der Waals surface area contributed by atoms with Crippen LogP contribution in [0, 0.1) is 18.7 Å². The van der Waals surface area contributed by atoms with E-state index in [-0.39, 0.29) is 29.5 Å². The second-order valence-corrected chi connectivity index (χ2v) is 13.3. The monoisotopic (exact) mass is 611 g/mol. The molecule has 1 saturated heterocycles. The number of rotatable bonds is 6. The van der Waals surface area contributed by atoms with Crippen molar-refractivity contribution in [2.24, 2.45) is 5.92 Å². The predicted molar refractivity (Wildman–Crippen MR) is 160 cm³/mol. The normalized spacial score (nSPS) is 22.4. The number of aryl methyl sites for hydroxylation is 1. The number of nitrogens with zero attached hydrogens (tertiary/aromatic N) is 4. The number of halogens is 2. The molecular weight excluding hydrogens is 573 g/mol. The molecule has 2 heterocycles. The van der Waals surface area contributed by atoms with Gasteiger partial charge in [-0.15, -0.1) is 5.10 Å². The second kappa shape index (κ2) is 11.9. The van der Waals surface area contributed by atoms with Gasteiger partial charge in [0, 0.05) is 10.9 Å². The van der Waals surface area contributed by atoms with E-state index in [1.165, 1.54) is 12.1 Å². The molecule has 230 valence electrons. The second-order valence-electron chi connectivity index (χ2n) is 12.9. The fourth-order valence-electron chi connectivity index (χ4n) is 5.83. The molecular formula is C32H39ClFN5O4. The van der Waals surface area contributed by atoms with Crippen molar-refractivity contribution in [3.8, 4) is 0 Å². The zero-order valence-corrected chi connectivity index (χ0v) is 26.2. The van der Waals surface area contributed by atoms with E-state index in [1.807, 2.05) is 72.0 Å². The van der Waals surface area contributed by atoms with Crippen molar-refractivity contribution in [3.05, 3.63) is 81.9 Å². The maximum atomic E-state index is 13.8. The minimum atomic E-state index is -0.866. The molecule has 4 unspecified atom stereocenters. The van der Waals surface area contributed by atoms with Crippen molar-refractivity contribution in [1.29, 1.82) is 0 Å². The van der Waals surface area contributed by atoms with Gasteiger partial charge >= 0.3 is 6.09 Å². The molecule has 2 aliphatic rings. The summed E-state index contributed by atoms with van der Waals surface area (Å²) in [6.07, 6.45) is 3.36. The van der Waals surface area contributed by atoms with E-state index in [9.17, 15) is 14.0 Å². The van der Waals surface area contributed by atoms with Crippen molar-refractivity contribution in [3.63, 3.8) is 0 Å². The third-order valence-electron chi connectivity index (χ3n) is 8.07. The number of hydrogen-bond acceptors (Lipinski definition) is 6. The van der Waals surface area contributed by atoms with Gasteiger partial charge < -0.3 is 14.8 Å². The number of benzene rings is 2. The Kier molecular flexibility index (Phi) is 8.55. The average Bonchev–Trinajstić information content (AvgIpc) is 3.65. The molecule has 0 spiro atoms. The van der Waals surface area contributed by atoms with E-state index >= 15 is 0 Å². The Morgan fingerprint density at radius 2 is 1.88 bits per heavy atom. The van der Waals surface area contributed by atoms with Crippen LogP contribution in [0.2, 0.25) is 5.02 Å². The Morgan fingerprint density at radius 1 is 1.16 bits per heavy atom. The number of nitrogens with one attached hydrogen (secondary N) is 1. The Bertz CT molecular complexity index is 1490. The van der Waals surface area contributed by atoms with Gasteiger partial charge in [-0.25, -0.2) is 13.9 Å². The molecule has 0 radical (unpaired) electrons. The molecule has 1 aliphatic carbocycles. The lowest BCUT2D eigenvalue weighted by Crippen LogP contribution is -2.47. The Hall–Kier alpha value is -3.50. The summed E-state index contributed by atoms with van der Waals surface area (Å²) < 4.78 is 27.2. The molecule has 1 N–H and O–H groups in total. The number of carbonyl (C=O) groups excluding carboxylic acids is 2. The fourth-order valence-corrected chi connectivity index (χ4v) is 6.11. The van der Waals surface area contributed by atoms with Gasteiger partial charge in [-0.05, 0) is 84.1 Å². The zero-order valence-electron chi connectivity index (χ0n) is 25.4. The largest absolute Gasteiger partial charge is 0.444 e. The highest BCUT2D eigenvalue weighted by molar-refractivity contribution is 6.31. The summed E-state index contributed by atoms with van der Waals surface area (Å²) in [6, 6.07) is 11.1. The van der Waals surface area contributed by atoms with Crippen molar-refractivity contribution in [2.75, 3.05) is 6.61 Å². The number of aromatic nitrogens is 3. The molecule has 2 aromatic carbocycles. The first-order valence-electron chi connectivity index (χ1n) is 14.6. The summed E-state index contributed by atoms with van der Waals surface area (Å²) in [5.41, 5.74) is 1.67. The van der Waals surface area contributed by atoms with E-state index < -0.39 is 35.3 Å². The zero-order chi connectivity index (χ0) is 31.1. The Balaban J connectivity index is 1.29. The van der Waals surface area contributed by atoms with Crippen LogP contribution in [0.1, 0.15) is 94.4 Å². The molecule has 3 aromatic rings. The third kappa shape index (κ3) is 6.86. The van der Waals surface area contributed by atoms with Gasteiger partial charge in [0.1, 0.15) is 28.9 Å². The molecule has 5 rings (SSSR count). The Morgan fingerprint density at radius 3 is 2.56 bits per heavy atom. The maximum absolute atomic E-state index is 13.8. The number of amides is 2. The minimum absolute atomic E-state index is 0.0328. The van der Waals surface area contributed by atoms with Gasteiger partial charge in [-0.1, -0.05) is 52.7 Å². The standard InChI is InChI=1S/C32H39ClFN5O4/c1-19-7-9-20(10-8-19)28(24-14-12-22(34)16-25(24)33)35-29(40)21-11-13-23(15-21)38-17-26(36-37-38)27-18-42-32(5,6)39(27)30(41)43-31(2,3)4/h7-10,12,14,16-17,21,23,27-28H,11,13,15,18H2,1-6H3,(H,35,40). The fraction of sp³-hybridized carbons (Fsp3) is 0.500. The van der Waals surface area contributed by atoms with Gasteiger partial charge in [-0.2, -0.15) is 0 Å². The summed E-state index contributed by atoms with van der Waals surface area (Å²) >= 11 is 6.44. The van der Waals surface area contributed by atoms with Crippen LogP contribution in [-0.2, 0) is 14.3 Å². The number of hydrogen-bond donors (Lipinski definition) is 1. The molecule has 1 aliphatic heterocycles. The predicted octanol–water partition coefficient (Wildman–Crippen LogP) is 6.67. The summed E-state index contributed by atoms with van der Waals surface area (Å²) in [5.74, 6) is -0.789. The van der Waals surface area contributed by atoms with Gasteiger partial charge in [0.05, 0.1) is 24.9 Å². The molecule has 1 aromatic heterocycles. The summed E-state index contributed by atoms with van der Waals surface area (Å²) in [4.78, 5) is 28.3. The van der Waals surface area contributed by atoms with Crippen LogP contribution in [0.25, 0.3) is 0 Å². The van der Waals surface area contributed by atoms with Crippen LogP contribution in [0.3, 0.4) is 0 Å². The molecule has 9 nitrogen and oxygen atoms in total. The highest BCUT2D eigenvalue weighted by Crippen LogP contribution is 2.39. The van der Waals surface area contributed by atoms with Gasteiger partial charge in [0.15, 0.2) is 0 Å². The van der Waals surface area contributed by atoms with Crippen LogP contribution in [0.5, 0.6) is 0 Å². The molecule has 2 amide bonds. The summed E-state index contributed by atoms with van der Waals surface area (Å²) in [5, 5.41) is 12.2. The maximum Gasteiger partial charge on any atom is 0.413 e. The first kappa shape index (κ1) is 30.9. The van der Waals surface area contributed by atoms with Crippen LogP contribution < -0.4 is 5.32 Å². The van der Waals surface area contributed by atoms with Gasteiger partial charge in [-0.3, -0.25) is 9.69 Å². The number of carbonyl (C=O) groups is 2. The van der Waals surface area contributed by atoms with Crippen molar-refractivity contribution in [1.82, 2.24) is 25.2 Å². The third-order valence-corrected chi connectivity index (χ3v) is 8.39. The van der Waals surface area contributed by atoms with E-state index in [4.69, 9.17) is 21.1 Å². The lowest BCUT2D eigenvalue weighted by atomic mass is 9.96. The van der Waals surface area contributed by atoms with E-state index in [2.05, 4.69) is 15.6 Å². The topological polar surface area (TPSA) is 98.6 Å². The molecule has 11 heteroatoms.